The Morgan fingerprint density at radius 2 is 2.19 bits per heavy atom. The van der Waals surface area contributed by atoms with Crippen molar-refractivity contribution in [3.63, 3.8) is 0 Å². The van der Waals surface area contributed by atoms with Gasteiger partial charge < -0.3 is 14.6 Å². The third kappa shape index (κ3) is 2.81. The van der Waals surface area contributed by atoms with Crippen molar-refractivity contribution in [1.29, 1.82) is 0 Å². The van der Waals surface area contributed by atoms with E-state index in [0.717, 1.165) is 22.1 Å². The molecule has 0 unspecified atom stereocenters. The van der Waals surface area contributed by atoms with Gasteiger partial charge in [-0.25, -0.2) is 4.79 Å². The first-order valence-electron chi connectivity index (χ1n) is 6.84. The number of carbonyl (C=O) groups excluding carboxylic acids is 1. The van der Waals surface area contributed by atoms with Crippen LogP contribution in [0, 0.1) is 0 Å². The predicted octanol–water partition coefficient (Wildman–Crippen LogP) is 0.763. The van der Waals surface area contributed by atoms with E-state index in [1.807, 2.05) is 18.3 Å². The van der Waals surface area contributed by atoms with Crippen molar-refractivity contribution in [2.75, 3.05) is 6.54 Å². The topological polar surface area (TPSA) is 58.4 Å². The summed E-state index contributed by atoms with van der Waals surface area (Å²) in [5, 5.41) is 3.69. The molecule has 0 spiro atoms. The number of nitrogens with zero attached hydrogens (tertiary/aromatic N) is 2. The molecule has 3 rings (SSSR count). The standard InChI is InChI=1S/C16H17N3O2/c1-11-7-15(21-12(11)2)4-6-18-16(20)19-9-13-3-5-17-8-14(13)10-19/h3,5,7-8H,1-2,4,6,9-10H2,(H,18,20). The van der Waals surface area contributed by atoms with E-state index in [1.165, 1.54) is 0 Å². The first-order chi connectivity index (χ1) is 10.1. The zero-order valence-corrected chi connectivity index (χ0v) is 11.8. The van der Waals surface area contributed by atoms with Gasteiger partial charge in [-0.15, -0.1) is 0 Å². The van der Waals surface area contributed by atoms with E-state index in [9.17, 15) is 4.79 Å². The summed E-state index contributed by atoms with van der Waals surface area (Å²) >= 11 is 0. The number of carbonyl (C=O) groups is 1. The highest BCUT2D eigenvalue weighted by Crippen LogP contribution is 2.20. The lowest BCUT2D eigenvalue weighted by Gasteiger charge is -2.15. The number of pyridine rings is 1. The lowest BCUT2D eigenvalue weighted by molar-refractivity contribution is 0.198. The molecule has 1 aliphatic heterocycles. The van der Waals surface area contributed by atoms with Crippen LogP contribution in [-0.2, 0) is 19.5 Å². The van der Waals surface area contributed by atoms with Gasteiger partial charge in [0.25, 0.3) is 0 Å². The molecule has 5 heteroatoms. The van der Waals surface area contributed by atoms with E-state index >= 15 is 0 Å². The van der Waals surface area contributed by atoms with Gasteiger partial charge in [0, 0.05) is 43.7 Å². The second kappa shape index (κ2) is 5.44. The summed E-state index contributed by atoms with van der Waals surface area (Å²) in [5.41, 5.74) is 2.86. The molecule has 108 valence electrons. The quantitative estimate of drug-likeness (QED) is 0.905. The van der Waals surface area contributed by atoms with Gasteiger partial charge in [-0.1, -0.05) is 13.2 Å². The van der Waals surface area contributed by atoms with Crippen molar-refractivity contribution in [3.8, 4) is 0 Å². The van der Waals surface area contributed by atoms with E-state index in [1.54, 1.807) is 11.1 Å². The van der Waals surface area contributed by atoms with Crippen LogP contribution in [0.3, 0.4) is 0 Å². The minimum Gasteiger partial charge on any atom is -0.462 e. The summed E-state index contributed by atoms with van der Waals surface area (Å²) in [7, 11) is 0. The fourth-order valence-corrected chi connectivity index (χ4v) is 2.42. The second-order valence-electron chi connectivity index (χ2n) is 5.14. The molecule has 0 bridgehead atoms. The Kier molecular flexibility index (Phi) is 3.48. The number of hydrogen-bond donors (Lipinski definition) is 1. The van der Waals surface area contributed by atoms with Crippen LogP contribution < -0.4 is 16.0 Å². The van der Waals surface area contributed by atoms with Crippen LogP contribution in [0.15, 0.2) is 28.9 Å². The zero-order valence-electron chi connectivity index (χ0n) is 11.8. The molecular weight excluding hydrogens is 266 g/mol. The Morgan fingerprint density at radius 3 is 2.90 bits per heavy atom. The van der Waals surface area contributed by atoms with Crippen molar-refractivity contribution in [2.45, 2.75) is 19.5 Å². The minimum absolute atomic E-state index is 0.0672. The maximum Gasteiger partial charge on any atom is 0.318 e. The van der Waals surface area contributed by atoms with Crippen molar-refractivity contribution in [1.82, 2.24) is 15.2 Å². The number of fused-ring (bicyclic) bond motifs is 1. The average molecular weight is 283 g/mol. The molecule has 1 N–H and O–H groups in total. The highest BCUT2D eigenvalue weighted by Gasteiger charge is 2.22. The molecule has 2 amide bonds. The number of furan rings is 1. The second-order valence-corrected chi connectivity index (χ2v) is 5.14. The monoisotopic (exact) mass is 283 g/mol. The lowest BCUT2D eigenvalue weighted by atomic mass is 10.2. The maximum absolute atomic E-state index is 12.1. The maximum atomic E-state index is 12.1. The van der Waals surface area contributed by atoms with Gasteiger partial charge in [0.2, 0.25) is 0 Å². The van der Waals surface area contributed by atoms with Crippen LogP contribution in [0.1, 0.15) is 16.9 Å². The summed E-state index contributed by atoms with van der Waals surface area (Å²) in [4.78, 5) is 18.0. The largest absolute Gasteiger partial charge is 0.462 e. The van der Waals surface area contributed by atoms with Crippen LogP contribution in [-0.4, -0.2) is 22.5 Å². The molecule has 0 saturated heterocycles. The summed E-state index contributed by atoms with van der Waals surface area (Å²) in [6.07, 6.45) is 4.20. The van der Waals surface area contributed by atoms with Crippen molar-refractivity contribution >= 4 is 19.2 Å². The first kappa shape index (κ1) is 13.4. The van der Waals surface area contributed by atoms with E-state index < -0.39 is 0 Å². The smallest absolute Gasteiger partial charge is 0.318 e. The SMILES string of the molecule is C=c1cc(CCNC(=O)N2Cc3ccncc3C2)oc1=C. The van der Waals surface area contributed by atoms with Crippen LogP contribution in [0.25, 0.3) is 13.2 Å². The molecular formula is C16H17N3O2. The zero-order chi connectivity index (χ0) is 14.8. The Bertz CT molecular complexity index is 714. The van der Waals surface area contributed by atoms with Gasteiger partial charge in [-0.2, -0.15) is 0 Å². The molecule has 0 atom stereocenters. The number of rotatable bonds is 3. The third-order valence-electron chi connectivity index (χ3n) is 3.61. The fraction of sp³-hybridized carbons (Fsp3) is 0.250. The Balaban J connectivity index is 1.52. The Morgan fingerprint density at radius 1 is 1.38 bits per heavy atom. The fourth-order valence-electron chi connectivity index (χ4n) is 2.42. The summed E-state index contributed by atoms with van der Waals surface area (Å²) in [6, 6.07) is 3.74. The molecule has 3 heterocycles. The van der Waals surface area contributed by atoms with Crippen molar-refractivity contribution in [2.24, 2.45) is 0 Å². The molecule has 2 aromatic rings. The Labute approximate surface area is 122 Å². The van der Waals surface area contributed by atoms with Crippen LogP contribution >= 0.6 is 0 Å². The molecule has 0 fully saturated rings. The molecule has 0 aromatic carbocycles. The highest BCUT2D eigenvalue weighted by molar-refractivity contribution is 5.75. The van der Waals surface area contributed by atoms with Crippen LogP contribution in [0.5, 0.6) is 0 Å². The van der Waals surface area contributed by atoms with E-state index in [2.05, 4.69) is 23.5 Å². The first-order valence-corrected chi connectivity index (χ1v) is 6.84. The molecule has 21 heavy (non-hydrogen) atoms. The van der Waals surface area contributed by atoms with E-state index in [-0.39, 0.29) is 6.03 Å². The van der Waals surface area contributed by atoms with Crippen LogP contribution in [0.2, 0.25) is 0 Å². The van der Waals surface area contributed by atoms with Gasteiger partial charge in [0.15, 0.2) is 0 Å². The van der Waals surface area contributed by atoms with Gasteiger partial charge in [0.1, 0.15) is 11.2 Å². The molecule has 2 aromatic heterocycles. The third-order valence-corrected chi connectivity index (χ3v) is 3.61. The molecule has 0 radical (unpaired) electrons. The van der Waals surface area contributed by atoms with Gasteiger partial charge in [-0.3, -0.25) is 4.98 Å². The molecule has 0 aliphatic carbocycles. The number of hydrogen-bond acceptors (Lipinski definition) is 3. The van der Waals surface area contributed by atoms with Crippen LogP contribution in [0.4, 0.5) is 4.79 Å². The summed E-state index contributed by atoms with van der Waals surface area (Å²) in [5.74, 6) is 0.791. The van der Waals surface area contributed by atoms with Gasteiger partial charge in [0.05, 0.1) is 0 Å². The summed E-state index contributed by atoms with van der Waals surface area (Å²) in [6.45, 7) is 9.32. The van der Waals surface area contributed by atoms with Gasteiger partial charge >= 0.3 is 6.03 Å². The average Bonchev–Trinajstić information content (AvgIpc) is 3.03. The number of amides is 2. The number of aromatic nitrogens is 1. The molecule has 1 aliphatic rings. The van der Waals surface area contributed by atoms with E-state index in [4.69, 9.17) is 4.42 Å². The van der Waals surface area contributed by atoms with Crippen molar-refractivity contribution in [3.05, 3.63) is 52.0 Å². The van der Waals surface area contributed by atoms with Crippen molar-refractivity contribution < 1.29 is 9.21 Å². The predicted molar refractivity (Wildman–Crippen MR) is 79.6 cm³/mol. The highest BCUT2D eigenvalue weighted by atomic mass is 16.3. The summed E-state index contributed by atoms with van der Waals surface area (Å²) < 4.78 is 5.43. The Hall–Kier alpha value is -2.56. The van der Waals surface area contributed by atoms with E-state index in [0.29, 0.717) is 31.5 Å². The molecule has 0 saturated carbocycles. The number of nitrogens with one attached hydrogen (secondary N) is 1. The minimum atomic E-state index is -0.0672. The molecule has 5 nitrogen and oxygen atoms in total. The van der Waals surface area contributed by atoms with Gasteiger partial charge in [-0.05, 0) is 23.3 Å². The normalized spacial score (nSPS) is 13.2. The lowest BCUT2D eigenvalue weighted by Crippen LogP contribution is -2.37. The number of urea groups is 1.